The molecule has 3 heterocycles. The van der Waals surface area contributed by atoms with Crippen LogP contribution < -0.4 is 10.2 Å². The second-order valence-electron chi connectivity index (χ2n) is 8.78. The number of hydrogen-bond donors (Lipinski definition) is 1. The number of fused-ring (bicyclic) bond motifs is 1. The third-order valence-electron chi connectivity index (χ3n) is 6.31. The Labute approximate surface area is 208 Å². The Balaban J connectivity index is 1.18. The van der Waals surface area contributed by atoms with Crippen LogP contribution in [-0.4, -0.2) is 46.4 Å². The van der Waals surface area contributed by atoms with Gasteiger partial charge in [-0.25, -0.2) is 9.50 Å². The number of nitrogens with one attached hydrogen (secondary N) is 1. The number of amides is 1. The lowest BCUT2D eigenvalue weighted by Crippen LogP contribution is -2.43. The number of hydrogen-bond acceptors (Lipinski definition) is 6. The van der Waals surface area contributed by atoms with Crippen molar-refractivity contribution in [2.75, 3.05) is 30.8 Å². The van der Waals surface area contributed by atoms with Crippen LogP contribution in [0.5, 0.6) is 0 Å². The molecule has 1 amide bonds. The number of anilines is 1. The predicted molar refractivity (Wildman–Crippen MR) is 141 cm³/mol. The first kappa shape index (κ1) is 22.9. The van der Waals surface area contributed by atoms with Crippen LogP contribution in [0.15, 0.2) is 59.6 Å². The highest BCUT2D eigenvalue weighted by atomic mass is 32.2. The number of carbonyl (C=O) groups excluding carboxylic acids is 1. The zero-order valence-electron chi connectivity index (χ0n) is 19.5. The molecule has 6 nitrogen and oxygen atoms in total. The molecule has 1 saturated heterocycles. The van der Waals surface area contributed by atoms with E-state index in [4.69, 9.17) is 10.1 Å². The van der Waals surface area contributed by atoms with Gasteiger partial charge in [-0.2, -0.15) is 0 Å². The fraction of sp³-hybridized carbons (Fsp3) is 0.346. The van der Waals surface area contributed by atoms with Crippen molar-refractivity contribution >= 4 is 39.1 Å². The molecule has 0 radical (unpaired) electrons. The molecule has 4 aromatic rings. The van der Waals surface area contributed by atoms with Crippen molar-refractivity contribution in [1.29, 1.82) is 0 Å². The van der Waals surface area contributed by atoms with Gasteiger partial charge < -0.3 is 10.2 Å². The molecule has 5 rings (SSSR count). The zero-order chi connectivity index (χ0) is 23.5. The van der Waals surface area contributed by atoms with E-state index in [1.807, 2.05) is 10.7 Å². The molecule has 0 bridgehead atoms. The standard InChI is InChI=1S/C26H29N5OS2/c1-18-5-9-20(10-6-18)23-17-31-25(28-23)34-26(29-31)30-15-3-4-21(16-30)24(32)27-14-13-19-7-11-22(33-2)12-8-19/h5-12,17,21H,3-4,13-16H2,1-2H3,(H,27,32). The van der Waals surface area contributed by atoms with Crippen molar-refractivity contribution in [3.8, 4) is 11.3 Å². The summed E-state index contributed by atoms with van der Waals surface area (Å²) in [5.41, 5.74) is 4.52. The van der Waals surface area contributed by atoms with Crippen molar-refractivity contribution < 1.29 is 4.79 Å². The normalized spacial score (nSPS) is 16.2. The smallest absolute Gasteiger partial charge is 0.224 e. The summed E-state index contributed by atoms with van der Waals surface area (Å²) >= 11 is 3.33. The Morgan fingerprint density at radius 3 is 2.71 bits per heavy atom. The molecule has 176 valence electrons. The van der Waals surface area contributed by atoms with E-state index >= 15 is 0 Å². The minimum Gasteiger partial charge on any atom is -0.355 e. The first-order chi connectivity index (χ1) is 16.6. The Bertz CT molecular complexity index is 1230. The quantitative estimate of drug-likeness (QED) is 0.366. The maximum absolute atomic E-state index is 12.8. The number of aromatic nitrogens is 3. The second kappa shape index (κ2) is 10.2. The molecule has 0 saturated carbocycles. The lowest BCUT2D eigenvalue weighted by molar-refractivity contribution is -0.125. The highest BCUT2D eigenvalue weighted by Crippen LogP contribution is 2.30. The van der Waals surface area contributed by atoms with E-state index in [1.54, 1.807) is 23.1 Å². The third kappa shape index (κ3) is 5.13. The fourth-order valence-electron chi connectivity index (χ4n) is 4.31. The van der Waals surface area contributed by atoms with Crippen LogP contribution in [0, 0.1) is 12.8 Å². The molecule has 8 heteroatoms. The van der Waals surface area contributed by atoms with Gasteiger partial charge in [0.15, 0.2) is 0 Å². The van der Waals surface area contributed by atoms with Gasteiger partial charge in [-0.15, -0.1) is 16.9 Å². The van der Waals surface area contributed by atoms with Crippen LogP contribution >= 0.6 is 23.1 Å². The first-order valence-corrected chi connectivity index (χ1v) is 13.7. The summed E-state index contributed by atoms with van der Waals surface area (Å²) in [5, 5.41) is 8.86. The molecule has 0 aliphatic carbocycles. The van der Waals surface area contributed by atoms with Gasteiger partial charge in [-0.1, -0.05) is 53.3 Å². The number of imidazole rings is 1. The summed E-state index contributed by atoms with van der Waals surface area (Å²) in [6, 6.07) is 16.9. The van der Waals surface area contributed by atoms with E-state index in [1.165, 1.54) is 16.0 Å². The molecule has 1 N–H and O–H groups in total. The maximum atomic E-state index is 12.8. The highest BCUT2D eigenvalue weighted by Gasteiger charge is 2.27. The average Bonchev–Trinajstić information content (AvgIpc) is 3.45. The molecule has 2 aromatic heterocycles. The number of nitrogens with zero attached hydrogens (tertiary/aromatic N) is 4. The van der Waals surface area contributed by atoms with Crippen LogP contribution in [0.25, 0.3) is 16.2 Å². The van der Waals surface area contributed by atoms with E-state index in [0.717, 1.165) is 47.2 Å². The average molecular weight is 492 g/mol. The molecule has 1 atom stereocenters. The maximum Gasteiger partial charge on any atom is 0.224 e. The van der Waals surface area contributed by atoms with Gasteiger partial charge in [0.1, 0.15) is 0 Å². The lowest BCUT2D eigenvalue weighted by Gasteiger charge is -2.31. The largest absolute Gasteiger partial charge is 0.355 e. The molecule has 1 aliphatic rings. The number of aryl methyl sites for hydroxylation is 1. The number of benzene rings is 2. The molecule has 2 aromatic carbocycles. The topological polar surface area (TPSA) is 62.5 Å². The van der Waals surface area contributed by atoms with Crippen LogP contribution in [0.3, 0.4) is 0 Å². The Morgan fingerprint density at radius 1 is 1.18 bits per heavy atom. The molecule has 0 spiro atoms. The van der Waals surface area contributed by atoms with Gasteiger partial charge in [0.2, 0.25) is 16.0 Å². The summed E-state index contributed by atoms with van der Waals surface area (Å²) in [4.78, 5) is 22.0. The number of rotatable bonds is 7. The Hall–Kier alpha value is -2.84. The molecule has 1 fully saturated rings. The Kier molecular flexibility index (Phi) is 6.87. The molecule has 34 heavy (non-hydrogen) atoms. The van der Waals surface area contributed by atoms with Gasteiger partial charge in [0, 0.05) is 30.1 Å². The van der Waals surface area contributed by atoms with Crippen molar-refractivity contribution in [2.24, 2.45) is 5.92 Å². The molecular formula is C26H29N5OS2. The SMILES string of the molecule is CSc1ccc(CCNC(=O)C2CCCN(c3nn4cc(-c5ccc(C)cc5)nc4s3)C2)cc1. The minimum atomic E-state index is -0.00745. The Morgan fingerprint density at radius 2 is 1.97 bits per heavy atom. The van der Waals surface area contributed by atoms with E-state index in [2.05, 4.69) is 71.9 Å². The number of carbonyl (C=O) groups is 1. The summed E-state index contributed by atoms with van der Waals surface area (Å²) in [5.74, 6) is 0.139. The van der Waals surface area contributed by atoms with Crippen molar-refractivity contribution in [3.05, 3.63) is 65.9 Å². The fourth-order valence-corrected chi connectivity index (χ4v) is 5.64. The second-order valence-corrected chi connectivity index (χ2v) is 10.6. The number of piperidine rings is 1. The first-order valence-electron chi connectivity index (χ1n) is 11.7. The molecule has 1 unspecified atom stereocenters. The predicted octanol–water partition coefficient (Wildman–Crippen LogP) is 5.06. The van der Waals surface area contributed by atoms with E-state index in [-0.39, 0.29) is 11.8 Å². The van der Waals surface area contributed by atoms with Gasteiger partial charge in [-0.3, -0.25) is 4.79 Å². The minimum absolute atomic E-state index is 0.00745. The summed E-state index contributed by atoms with van der Waals surface area (Å²) in [6.45, 7) is 4.38. The van der Waals surface area contributed by atoms with Crippen LogP contribution in [0.2, 0.25) is 0 Å². The van der Waals surface area contributed by atoms with E-state index < -0.39 is 0 Å². The third-order valence-corrected chi connectivity index (χ3v) is 8.04. The monoisotopic (exact) mass is 491 g/mol. The lowest BCUT2D eigenvalue weighted by atomic mass is 9.97. The summed E-state index contributed by atoms with van der Waals surface area (Å²) in [7, 11) is 0. The van der Waals surface area contributed by atoms with E-state index in [0.29, 0.717) is 13.1 Å². The number of thioether (sulfide) groups is 1. The van der Waals surface area contributed by atoms with Crippen LogP contribution in [0.1, 0.15) is 24.0 Å². The summed E-state index contributed by atoms with van der Waals surface area (Å²) < 4.78 is 1.86. The van der Waals surface area contributed by atoms with Crippen molar-refractivity contribution in [2.45, 2.75) is 31.1 Å². The zero-order valence-corrected chi connectivity index (χ0v) is 21.2. The summed E-state index contributed by atoms with van der Waals surface area (Å²) in [6.07, 6.45) is 6.83. The van der Waals surface area contributed by atoms with E-state index in [9.17, 15) is 4.79 Å². The van der Waals surface area contributed by atoms with Crippen LogP contribution in [0.4, 0.5) is 5.13 Å². The van der Waals surface area contributed by atoms with Crippen molar-refractivity contribution in [3.63, 3.8) is 0 Å². The molecule has 1 aliphatic heterocycles. The van der Waals surface area contributed by atoms with Gasteiger partial charge in [0.25, 0.3) is 0 Å². The van der Waals surface area contributed by atoms with Crippen molar-refractivity contribution in [1.82, 2.24) is 19.9 Å². The van der Waals surface area contributed by atoms with Gasteiger partial charge >= 0.3 is 0 Å². The van der Waals surface area contributed by atoms with Crippen LogP contribution in [-0.2, 0) is 11.2 Å². The van der Waals surface area contributed by atoms with Gasteiger partial charge in [0.05, 0.1) is 17.8 Å². The molecular weight excluding hydrogens is 462 g/mol. The van der Waals surface area contributed by atoms with Gasteiger partial charge in [-0.05, 0) is 50.1 Å². The highest BCUT2D eigenvalue weighted by molar-refractivity contribution is 7.98.